The first-order valence-corrected chi connectivity index (χ1v) is 9.07. The maximum Gasteiger partial charge on any atom is 0.306 e. The van der Waals surface area contributed by atoms with Crippen LogP contribution >= 0.6 is 0 Å². The van der Waals surface area contributed by atoms with Gasteiger partial charge in [-0.2, -0.15) is 0 Å². The van der Waals surface area contributed by atoms with Crippen LogP contribution in [0.3, 0.4) is 0 Å². The molecular weight excluding hydrogens is 280 g/mol. The molecule has 22 heavy (non-hydrogen) atoms. The number of hydrogen-bond donors (Lipinski definition) is 0. The van der Waals surface area contributed by atoms with Crippen molar-refractivity contribution in [3.63, 3.8) is 0 Å². The van der Waals surface area contributed by atoms with E-state index < -0.39 is 0 Å². The lowest BCUT2D eigenvalue weighted by molar-refractivity contribution is -0.151. The molecule has 0 saturated heterocycles. The van der Waals surface area contributed by atoms with Crippen LogP contribution in [0.1, 0.15) is 90.4 Å². The first-order chi connectivity index (χ1) is 10.7. The van der Waals surface area contributed by atoms with Gasteiger partial charge in [-0.15, -0.1) is 0 Å². The van der Waals surface area contributed by atoms with Gasteiger partial charge >= 0.3 is 11.9 Å². The van der Waals surface area contributed by atoms with E-state index in [1.807, 2.05) is 0 Å². The van der Waals surface area contributed by atoms with Crippen molar-refractivity contribution in [3.05, 3.63) is 0 Å². The van der Waals surface area contributed by atoms with Crippen LogP contribution in [0, 0.1) is 0 Å². The molecule has 0 N–H and O–H groups in total. The van der Waals surface area contributed by atoms with Crippen LogP contribution < -0.4 is 0 Å². The van der Waals surface area contributed by atoms with Crippen molar-refractivity contribution in [1.82, 2.24) is 0 Å². The van der Waals surface area contributed by atoms with E-state index in [-0.39, 0.29) is 18.0 Å². The summed E-state index contributed by atoms with van der Waals surface area (Å²) in [5.74, 6) is -0.253. The van der Waals surface area contributed by atoms with E-state index in [0.29, 0.717) is 32.3 Å². The fourth-order valence-corrected chi connectivity index (χ4v) is 2.75. The predicted molar refractivity (Wildman–Crippen MR) is 86.5 cm³/mol. The van der Waals surface area contributed by atoms with Crippen molar-refractivity contribution in [2.45, 2.75) is 96.5 Å². The molecule has 0 radical (unpaired) electrons. The summed E-state index contributed by atoms with van der Waals surface area (Å²) in [6.07, 6.45) is 12.4. The highest BCUT2D eigenvalue weighted by molar-refractivity contribution is 5.70. The zero-order chi connectivity index (χ0) is 16.0. The van der Waals surface area contributed by atoms with Crippen LogP contribution in [0.15, 0.2) is 0 Å². The third-order valence-corrected chi connectivity index (χ3v) is 4.12. The smallest absolute Gasteiger partial charge is 0.306 e. The third-order valence-electron chi connectivity index (χ3n) is 4.12. The molecule has 1 rings (SSSR count). The third kappa shape index (κ3) is 9.80. The van der Waals surface area contributed by atoms with Gasteiger partial charge in [0.1, 0.15) is 6.10 Å². The molecule has 0 heterocycles. The Morgan fingerprint density at radius 3 is 2.23 bits per heavy atom. The van der Waals surface area contributed by atoms with Gasteiger partial charge in [0.25, 0.3) is 0 Å². The fraction of sp³-hybridized carbons (Fsp3) is 0.889. The molecule has 0 aliphatic heterocycles. The molecule has 0 aromatic heterocycles. The molecule has 0 spiro atoms. The number of carbonyl (C=O) groups excluding carboxylic acids is 2. The first-order valence-electron chi connectivity index (χ1n) is 9.07. The second-order valence-electron chi connectivity index (χ2n) is 6.24. The van der Waals surface area contributed by atoms with E-state index in [4.69, 9.17) is 9.47 Å². The standard InChI is InChI=1S/C18H32O4/c1-2-3-4-10-15-21-17(19)13-8-9-14-18(20)22-16-11-6-5-7-12-16/h16H,2-15H2,1H3. The summed E-state index contributed by atoms with van der Waals surface area (Å²) in [5.41, 5.74) is 0. The molecule has 0 atom stereocenters. The zero-order valence-corrected chi connectivity index (χ0v) is 14.1. The summed E-state index contributed by atoms with van der Waals surface area (Å²) in [4.78, 5) is 23.2. The lowest BCUT2D eigenvalue weighted by Gasteiger charge is -2.21. The lowest BCUT2D eigenvalue weighted by Crippen LogP contribution is -2.20. The minimum atomic E-state index is -0.142. The van der Waals surface area contributed by atoms with Crippen molar-refractivity contribution < 1.29 is 19.1 Å². The van der Waals surface area contributed by atoms with Gasteiger partial charge in [-0.25, -0.2) is 0 Å². The molecule has 0 amide bonds. The summed E-state index contributed by atoms with van der Waals surface area (Å²) in [6, 6.07) is 0. The minimum Gasteiger partial charge on any atom is -0.466 e. The molecule has 1 aliphatic carbocycles. The van der Waals surface area contributed by atoms with Crippen molar-refractivity contribution in [2.24, 2.45) is 0 Å². The normalized spacial score (nSPS) is 15.5. The SMILES string of the molecule is CCCCCCOC(=O)CCCCC(=O)OC1CCCCC1. The van der Waals surface area contributed by atoms with Crippen molar-refractivity contribution >= 4 is 11.9 Å². The molecular formula is C18H32O4. The molecule has 128 valence electrons. The van der Waals surface area contributed by atoms with Crippen LogP contribution in [-0.4, -0.2) is 24.6 Å². The first kappa shape index (κ1) is 19.0. The molecule has 0 aromatic carbocycles. The van der Waals surface area contributed by atoms with E-state index in [1.165, 1.54) is 32.1 Å². The largest absolute Gasteiger partial charge is 0.466 e. The Hall–Kier alpha value is -1.06. The predicted octanol–water partition coefficient (Wildman–Crippen LogP) is 4.55. The minimum absolute atomic E-state index is 0.111. The molecule has 0 bridgehead atoms. The summed E-state index contributed by atoms with van der Waals surface area (Å²) < 4.78 is 10.6. The number of hydrogen-bond acceptors (Lipinski definition) is 4. The van der Waals surface area contributed by atoms with E-state index in [9.17, 15) is 9.59 Å². The van der Waals surface area contributed by atoms with Gasteiger partial charge in [0.15, 0.2) is 0 Å². The second-order valence-corrected chi connectivity index (χ2v) is 6.24. The zero-order valence-electron chi connectivity index (χ0n) is 14.1. The monoisotopic (exact) mass is 312 g/mol. The topological polar surface area (TPSA) is 52.6 Å². The van der Waals surface area contributed by atoms with Gasteiger partial charge in [0, 0.05) is 12.8 Å². The number of unbranched alkanes of at least 4 members (excludes halogenated alkanes) is 4. The van der Waals surface area contributed by atoms with Gasteiger partial charge in [0.05, 0.1) is 6.61 Å². The van der Waals surface area contributed by atoms with E-state index in [0.717, 1.165) is 25.7 Å². The number of rotatable bonds is 11. The van der Waals surface area contributed by atoms with E-state index in [1.54, 1.807) is 0 Å². The second kappa shape index (κ2) is 12.5. The Bertz CT molecular complexity index is 308. The van der Waals surface area contributed by atoms with Gasteiger partial charge in [0.2, 0.25) is 0 Å². The van der Waals surface area contributed by atoms with E-state index in [2.05, 4.69) is 6.92 Å². The average molecular weight is 312 g/mol. The van der Waals surface area contributed by atoms with Gasteiger partial charge < -0.3 is 9.47 Å². The van der Waals surface area contributed by atoms with E-state index >= 15 is 0 Å². The average Bonchev–Trinajstić information content (AvgIpc) is 2.52. The van der Waals surface area contributed by atoms with Gasteiger partial charge in [-0.05, 0) is 44.9 Å². The Morgan fingerprint density at radius 1 is 0.864 bits per heavy atom. The molecule has 1 fully saturated rings. The Kier molecular flexibility index (Phi) is 10.8. The fourth-order valence-electron chi connectivity index (χ4n) is 2.75. The maximum atomic E-state index is 11.7. The highest BCUT2D eigenvalue weighted by Gasteiger charge is 2.17. The number of esters is 2. The van der Waals surface area contributed by atoms with Crippen LogP contribution in [0.5, 0.6) is 0 Å². The summed E-state index contributed by atoms with van der Waals surface area (Å²) in [6.45, 7) is 2.69. The van der Waals surface area contributed by atoms with Gasteiger partial charge in [-0.3, -0.25) is 9.59 Å². The molecule has 4 nitrogen and oxygen atoms in total. The summed E-state index contributed by atoms with van der Waals surface area (Å²) in [7, 11) is 0. The Balaban J connectivity index is 1.92. The lowest BCUT2D eigenvalue weighted by atomic mass is 9.98. The van der Waals surface area contributed by atoms with Crippen LogP contribution in [0.2, 0.25) is 0 Å². The van der Waals surface area contributed by atoms with Crippen LogP contribution in [-0.2, 0) is 19.1 Å². The summed E-state index contributed by atoms with van der Waals surface area (Å²) >= 11 is 0. The van der Waals surface area contributed by atoms with Crippen molar-refractivity contribution in [3.8, 4) is 0 Å². The molecule has 1 aliphatic rings. The number of carbonyl (C=O) groups is 2. The van der Waals surface area contributed by atoms with Gasteiger partial charge in [-0.1, -0.05) is 32.6 Å². The van der Waals surface area contributed by atoms with Crippen LogP contribution in [0.25, 0.3) is 0 Å². The van der Waals surface area contributed by atoms with Crippen LogP contribution in [0.4, 0.5) is 0 Å². The quantitative estimate of drug-likeness (QED) is 0.415. The molecule has 4 heteroatoms. The highest BCUT2D eigenvalue weighted by atomic mass is 16.5. The highest BCUT2D eigenvalue weighted by Crippen LogP contribution is 2.21. The van der Waals surface area contributed by atoms with Crippen molar-refractivity contribution in [1.29, 1.82) is 0 Å². The summed E-state index contributed by atoms with van der Waals surface area (Å²) in [5, 5.41) is 0. The number of ether oxygens (including phenoxy) is 2. The molecule has 0 unspecified atom stereocenters. The Morgan fingerprint density at radius 2 is 1.55 bits per heavy atom. The Labute approximate surface area is 134 Å². The molecule has 0 aromatic rings. The maximum absolute atomic E-state index is 11.7. The van der Waals surface area contributed by atoms with Crippen molar-refractivity contribution in [2.75, 3.05) is 6.61 Å². The molecule has 1 saturated carbocycles.